The fourth-order valence-corrected chi connectivity index (χ4v) is 4.23. The van der Waals surface area contributed by atoms with Crippen molar-refractivity contribution >= 4 is 47.2 Å². The Kier molecular flexibility index (Phi) is 11.5. The van der Waals surface area contributed by atoms with Crippen molar-refractivity contribution in [3.63, 3.8) is 0 Å². The van der Waals surface area contributed by atoms with Crippen LogP contribution in [0.1, 0.15) is 38.5 Å². The molecule has 16 heteroatoms. The summed E-state index contributed by atoms with van der Waals surface area (Å²) in [5.41, 5.74) is 1.94. The number of hydrogen-bond acceptors (Lipinski definition) is 12. The van der Waals surface area contributed by atoms with Crippen molar-refractivity contribution < 1.29 is 19.9 Å². The minimum atomic E-state index is -1.40. The first kappa shape index (κ1) is 32.2. The van der Waals surface area contributed by atoms with Crippen LogP contribution in [0.3, 0.4) is 0 Å². The standard InChI is InChI=1S/C14H14N4O2.C9H10ClN3O2.C5H6BNO2/c19-18(20)13-7-6-12(10-3-2-8-15-9-10)17-14(13)16-11-4-1-5-11;10-8-5-4-7(13(14)15)9(12-8)11-6-2-1-3-6;8-6(9)5-2-1-3-7-4-5/h2-3,6-9,11H,1,4-5H2,(H,16,17);4-6H,1-3H2,(H,11,12);1-4,8-9H. The normalized spacial score (nSPS) is 13.9. The van der Waals surface area contributed by atoms with Crippen LogP contribution < -0.4 is 16.1 Å². The lowest BCUT2D eigenvalue weighted by Gasteiger charge is -2.26. The average Bonchev–Trinajstić information content (AvgIpc) is 2.98. The second-order valence-corrected chi connectivity index (χ2v) is 10.4. The van der Waals surface area contributed by atoms with Crippen LogP contribution in [0.15, 0.2) is 73.3 Å². The summed E-state index contributed by atoms with van der Waals surface area (Å²) >= 11 is 5.69. The van der Waals surface area contributed by atoms with Gasteiger partial charge in [-0.25, -0.2) is 9.97 Å². The maximum atomic E-state index is 11.1. The minimum Gasteiger partial charge on any atom is -0.423 e. The largest absolute Gasteiger partial charge is 0.490 e. The van der Waals surface area contributed by atoms with Crippen LogP contribution in [0.5, 0.6) is 0 Å². The minimum absolute atomic E-state index is 0.0181. The lowest BCUT2D eigenvalue weighted by atomic mass is 9.82. The predicted octanol–water partition coefficient (Wildman–Crippen LogP) is 4.39. The monoisotopic (exact) mass is 620 g/mol. The summed E-state index contributed by atoms with van der Waals surface area (Å²) in [4.78, 5) is 37.0. The van der Waals surface area contributed by atoms with E-state index < -0.39 is 17.0 Å². The second-order valence-electron chi connectivity index (χ2n) is 10.0. The molecule has 228 valence electrons. The molecule has 4 aromatic rings. The molecule has 0 aromatic carbocycles. The lowest BCUT2D eigenvalue weighted by Crippen LogP contribution is -2.29. The van der Waals surface area contributed by atoms with Crippen LogP contribution >= 0.6 is 11.6 Å². The van der Waals surface area contributed by atoms with Crippen LogP contribution in [0.2, 0.25) is 5.15 Å². The summed E-state index contributed by atoms with van der Waals surface area (Å²) in [7, 11) is -1.40. The third kappa shape index (κ3) is 9.14. The Bertz CT molecular complexity index is 1550. The molecule has 14 nitrogen and oxygen atoms in total. The Labute approximate surface area is 258 Å². The average molecular weight is 621 g/mol. The summed E-state index contributed by atoms with van der Waals surface area (Å²) < 4.78 is 0. The molecule has 4 aromatic heterocycles. The van der Waals surface area contributed by atoms with E-state index in [0.717, 1.165) is 44.1 Å². The van der Waals surface area contributed by atoms with Gasteiger partial charge in [-0.15, -0.1) is 0 Å². The molecule has 0 aliphatic heterocycles. The Morgan fingerprint density at radius 1 is 0.773 bits per heavy atom. The van der Waals surface area contributed by atoms with Gasteiger partial charge in [-0.05, 0) is 68.9 Å². The molecule has 0 saturated heterocycles. The van der Waals surface area contributed by atoms with Gasteiger partial charge < -0.3 is 20.7 Å². The molecule has 0 radical (unpaired) electrons. The summed E-state index contributed by atoms with van der Waals surface area (Å²) in [5.74, 6) is 0.623. The molecule has 0 unspecified atom stereocenters. The predicted molar refractivity (Wildman–Crippen MR) is 167 cm³/mol. The van der Waals surface area contributed by atoms with Gasteiger partial charge >= 0.3 is 18.5 Å². The number of anilines is 2. The van der Waals surface area contributed by atoms with Crippen molar-refractivity contribution in [2.45, 2.75) is 50.6 Å². The van der Waals surface area contributed by atoms with Crippen molar-refractivity contribution in [1.82, 2.24) is 19.9 Å². The highest BCUT2D eigenvalue weighted by Crippen LogP contribution is 2.31. The third-order valence-electron chi connectivity index (χ3n) is 6.94. The van der Waals surface area contributed by atoms with E-state index in [1.54, 1.807) is 36.8 Å². The molecular weight excluding hydrogens is 591 g/mol. The zero-order valence-corrected chi connectivity index (χ0v) is 24.2. The fourth-order valence-electron chi connectivity index (χ4n) is 4.08. The molecule has 2 aliphatic carbocycles. The fraction of sp³-hybridized carbons (Fsp3) is 0.286. The van der Waals surface area contributed by atoms with E-state index in [4.69, 9.17) is 21.6 Å². The third-order valence-corrected chi connectivity index (χ3v) is 7.15. The highest BCUT2D eigenvalue weighted by Gasteiger charge is 2.24. The molecule has 0 atom stereocenters. The Morgan fingerprint density at radius 3 is 1.75 bits per heavy atom. The van der Waals surface area contributed by atoms with Crippen molar-refractivity contribution in [2.75, 3.05) is 10.6 Å². The molecule has 44 heavy (non-hydrogen) atoms. The number of nitrogens with one attached hydrogen (secondary N) is 2. The van der Waals surface area contributed by atoms with E-state index in [-0.39, 0.29) is 22.3 Å². The zero-order chi connectivity index (χ0) is 31.5. The van der Waals surface area contributed by atoms with E-state index in [0.29, 0.717) is 29.1 Å². The summed E-state index contributed by atoms with van der Waals surface area (Å²) in [6.07, 6.45) is 12.8. The number of hydrogen-bond donors (Lipinski definition) is 4. The van der Waals surface area contributed by atoms with E-state index in [1.807, 2.05) is 12.1 Å². The summed E-state index contributed by atoms with van der Waals surface area (Å²) in [6, 6.07) is 13.5. The number of rotatable bonds is 8. The van der Waals surface area contributed by atoms with Gasteiger partial charge in [0.25, 0.3) is 0 Å². The maximum Gasteiger partial charge on any atom is 0.490 e. The Morgan fingerprint density at radius 2 is 1.32 bits per heavy atom. The zero-order valence-electron chi connectivity index (χ0n) is 23.5. The van der Waals surface area contributed by atoms with Crippen LogP contribution in [0, 0.1) is 20.2 Å². The number of pyridine rings is 4. The summed E-state index contributed by atoms with van der Waals surface area (Å²) in [6.45, 7) is 0. The van der Waals surface area contributed by atoms with Crippen molar-refractivity contribution in [2.24, 2.45) is 0 Å². The van der Waals surface area contributed by atoms with E-state index in [2.05, 4.69) is 30.6 Å². The van der Waals surface area contributed by atoms with Crippen LogP contribution in [-0.2, 0) is 0 Å². The van der Waals surface area contributed by atoms with Gasteiger partial charge in [0.1, 0.15) is 5.15 Å². The highest BCUT2D eigenvalue weighted by molar-refractivity contribution is 6.58. The first-order valence-corrected chi connectivity index (χ1v) is 14.2. The van der Waals surface area contributed by atoms with Crippen LogP contribution in [0.4, 0.5) is 23.0 Å². The van der Waals surface area contributed by atoms with Gasteiger partial charge in [0.05, 0.1) is 15.5 Å². The van der Waals surface area contributed by atoms with Gasteiger partial charge in [-0.2, -0.15) is 0 Å². The number of halogens is 1. The highest BCUT2D eigenvalue weighted by atomic mass is 35.5. The molecule has 6 rings (SSSR count). The Balaban J connectivity index is 0.000000162. The Hall–Kier alpha value is -4.73. The van der Waals surface area contributed by atoms with Crippen molar-refractivity contribution in [3.8, 4) is 11.3 Å². The molecule has 2 fully saturated rings. The van der Waals surface area contributed by atoms with Gasteiger partial charge in [0, 0.05) is 60.0 Å². The molecule has 4 heterocycles. The van der Waals surface area contributed by atoms with Crippen LogP contribution in [-0.4, -0.2) is 59.0 Å². The number of nitro groups is 2. The van der Waals surface area contributed by atoms with Gasteiger partial charge in [-0.3, -0.25) is 30.2 Å². The number of nitrogens with zero attached hydrogens (tertiary/aromatic N) is 6. The molecule has 2 saturated carbocycles. The van der Waals surface area contributed by atoms with Gasteiger partial charge in [-0.1, -0.05) is 17.7 Å². The maximum absolute atomic E-state index is 11.1. The molecule has 0 amide bonds. The van der Waals surface area contributed by atoms with Gasteiger partial charge in [0.2, 0.25) is 11.6 Å². The molecule has 0 bridgehead atoms. The number of aromatic nitrogens is 4. The van der Waals surface area contributed by atoms with Crippen LogP contribution in [0.25, 0.3) is 11.3 Å². The quantitative estimate of drug-likeness (QED) is 0.0938. The summed E-state index contributed by atoms with van der Waals surface area (Å²) in [5, 5.41) is 45.3. The van der Waals surface area contributed by atoms with Gasteiger partial charge in [0.15, 0.2) is 0 Å². The molecule has 4 N–H and O–H groups in total. The van der Waals surface area contributed by atoms with E-state index >= 15 is 0 Å². The second kappa shape index (κ2) is 15.7. The first-order chi connectivity index (χ1) is 21.2. The van der Waals surface area contributed by atoms with Crippen molar-refractivity contribution in [3.05, 3.63) is 98.7 Å². The van der Waals surface area contributed by atoms with E-state index in [1.165, 1.54) is 24.4 Å². The molecule has 0 spiro atoms. The first-order valence-electron chi connectivity index (χ1n) is 13.9. The smallest absolute Gasteiger partial charge is 0.423 e. The molecular formula is C28H30BClN8O6. The molecule has 2 aliphatic rings. The lowest BCUT2D eigenvalue weighted by molar-refractivity contribution is -0.384. The van der Waals surface area contributed by atoms with E-state index in [9.17, 15) is 20.2 Å². The topological polar surface area (TPSA) is 202 Å². The van der Waals surface area contributed by atoms with Crippen molar-refractivity contribution in [1.29, 1.82) is 0 Å². The SMILES string of the molecule is O=[N+]([O-])c1ccc(-c2cccnc2)nc1NC1CCC1.O=[N+]([O-])c1ccc(Cl)nc1NC1CCC1.OB(O)c1cccnc1.